The number of carbonyl (C=O) groups is 1. The molecule has 4 rings (SSSR count). The van der Waals surface area contributed by atoms with Crippen molar-refractivity contribution in [2.75, 3.05) is 0 Å². The molecule has 0 aromatic carbocycles. The van der Waals surface area contributed by atoms with Gasteiger partial charge in [-0.05, 0) is 122 Å². The van der Waals surface area contributed by atoms with Gasteiger partial charge in [0, 0.05) is 6.92 Å². The van der Waals surface area contributed by atoms with Crippen molar-refractivity contribution in [1.29, 1.82) is 0 Å². The highest BCUT2D eigenvalue weighted by Crippen LogP contribution is 2.68. The second kappa shape index (κ2) is 9.69. The molecule has 0 radical (unpaired) electrons. The van der Waals surface area contributed by atoms with Crippen molar-refractivity contribution in [3.63, 3.8) is 0 Å². The van der Waals surface area contributed by atoms with Crippen LogP contribution in [0.2, 0.25) is 0 Å². The van der Waals surface area contributed by atoms with Gasteiger partial charge in [-0.15, -0.1) is 0 Å². The fourth-order valence-electron chi connectivity index (χ4n) is 9.75. The SMILES string of the molecule is CC[C@@H](/C=C\[C@@H](C)[C@H]1CC[C@H]2[C@@H]3CC[C@H]4C[C@@H](OC(C)=O)CC[C@]4(C)[C@H]3CC[C@]12C)C(C)C. The lowest BCUT2D eigenvalue weighted by molar-refractivity contribution is -0.160. The van der Waals surface area contributed by atoms with Gasteiger partial charge in [-0.3, -0.25) is 4.79 Å². The molecule has 4 aliphatic rings. The van der Waals surface area contributed by atoms with E-state index in [0.29, 0.717) is 16.7 Å². The number of hydrogen-bond acceptors (Lipinski definition) is 2. The predicted octanol–water partition coefficient (Wildman–Crippen LogP) is 8.45. The average Bonchev–Trinajstić information content (AvgIpc) is 3.11. The highest BCUT2D eigenvalue weighted by molar-refractivity contribution is 5.66. The Bertz CT molecular complexity index is 724. The third-order valence-corrected chi connectivity index (χ3v) is 11.6. The number of rotatable bonds is 6. The first-order valence-electron chi connectivity index (χ1n) is 14.5. The Morgan fingerprint density at radius 3 is 2.30 bits per heavy atom. The largest absolute Gasteiger partial charge is 0.463 e. The minimum atomic E-state index is -0.0930. The van der Waals surface area contributed by atoms with E-state index < -0.39 is 0 Å². The Morgan fingerprint density at radius 2 is 1.64 bits per heavy atom. The van der Waals surface area contributed by atoms with E-state index in [9.17, 15) is 4.79 Å². The zero-order valence-electron chi connectivity index (χ0n) is 22.7. The number of esters is 1. The maximum atomic E-state index is 11.5. The number of ether oxygens (including phenoxy) is 1. The topological polar surface area (TPSA) is 26.3 Å². The molecule has 0 heterocycles. The van der Waals surface area contributed by atoms with Crippen molar-refractivity contribution in [3.05, 3.63) is 12.2 Å². The van der Waals surface area contributed by atoms with E-state index in [0.717, 1.165) is 54.3 Å². The van der Waals surface area contributed by atoms with Crippen LogP contribution in [0.3, 0.4) is 0 Å². The van der Waals surface area contributed by atoms with Gasteiger partial charge in [-0.1, -0.05) is 53.7 Å². The molecule has 4 aliphatic carbocycles. The first kappa shape index (κ1) is 25.3. The molecule has 0 bridgehead atoms. The van der Waals surface area contributed by atoms with E-state index in [4.69, 9.17) is 4.74 Å². The summed E-state index contributed by atoms with van der Waals surface area (Å²) < 4.78 is 5.66. The summed E-state index contributed by atoms with van der Waals surface area (Å²) >= 11 is 0. The zero-order chi connectivity index (χ0) is 24.0. The minimum Gasteiger partial charge on any atom is -0.463 e. The van der Waals surface area contributed by atoms with Gasteiger partial charge in [0.05, 0.1) is 0 Å². The molecule has 0 saturated heterocycles. The molecule has 0 aromatic heterocycles. The molecule has 0 aromatic rings. The normalized spacial score (nSPS) is 44.7. The van der Waals surface area contributed by atoms with E-state index >= 15 is 0 Å². The van der Waals surface area contributed by atoms with Gasteiger partial charge in [0.25, 0.3) is 0 Å². The Balaban J connectivity index is 1.46. The van der Waals surface area contributed by atoms with Crippen LogP contribution in [-0.2, 0) is 9.53 Å². The maximum Gasteiger partial charge on any atom is 0.302 e. The number of carbonyl (C=O) groups excluding carboxylic acids is 1. The van der Waals surface area contributed by atoms with Gasteiger partial charge >= 0.3 is 5.97 Å². The van der Waals surface area contributed by atoms with Crippen LogP contribution in [0, 0.1) is 58.2 Å². The monoisotopic (exact) mass is 456 g/mol. The first-order chi connectivity index (χ1) is 15.6. The molecule has 4 fully saturated rings. The van der Waals surface area contributed by atoms with Crippen LogP contribution in [0.5, 0.6) is 0 Å². The van der Waals surface area contributed by atoms with E-state index in [1.54, 1.807) is 6.92 Å². The van der Waals surface area contributed by atoms with Crippen LogP contribution in [0.4, 0.5) is 0 Å². The number of allylic oxidation sites excluding steroid dienone is 2. The number of fused-ring (bicyclic) bond motifs is 5. The molecule has 2 nitrogen and oxygen atoms in total. The molecular formula is C31H52O2. The van der Waals surface area contributed by atoms with Crippen LogP contribution in [0.25, 0.3) is 0 Å². The van der Waals surface area contributed by atoms with Gasteiger partial charge in [-0.25, -0.2) is 0 Å². The van der Waals surface area contributed by atoms with Crippen molar-refractivity contribution in [1.82, 2.24) is 0 Å². The molecule has 0 N–H and O–H groups in total. The minimum absolute atomic E-state index is 0.0930. The smallest absolute Gasteiger partial charge is 0.302 e. The third-order valence-electron chi connectivity index (χ3n) is 11.6. The summed E-state index contributed by atoms with van der Waals surface area (Å²) in [5, 5.41) is 0. The van der Waals surface area contributed by atoms with Gasteiger partial charge in [-0.2, -0.15) is 0 Å². The second-order valence-corrected chi connectivity index (χ2v) is 13.5. The molecule has 4 saturated carbocycles. The molecule has 10 atom stereocenters. The summed E-state index contributed by atoms with van der Waals surface area (Å²) in [7, 11) is 0. The highest BCUT2D eigenvalue weighted by Gasteiger charge is 2.60. The fraction of sp³-hybridized carbons (Fsp3) is 0.903. The molecule has 188 valence electrons. The van der Waals surface area contributed by atoms with Gasteiger partial charge in [0.2, 0.25) is 0 Å². The predicted molar refractivity (Wildman–Crippen MR) is 138 cm³/mol. The van der Waals surface area contributed by atoms with Crippen molar-refractivity contribution in [2.24, 2.45) is 58.2 Å². The van der Waals surface area contributed by atoms with E-state index in [1.165, 1.54) is 51.4 Å². The lowest BCUT2D eigenvalue weighted by atomic mass is 9.44. The quantitative estimate of drug-likeness (QED) is 0.296. The summed E-state index contributed by atoms with van der Waals surface area (Å²) in [6, 6.07) is 0. The lowest BCUT2D eigenvalue weighted by Gasteiger charge is -2.61. The number of hydrogen-bond donors (Lipinski definition) is 0. The molecule has 2 heteroatoms. The Hall–Kier alpha value is -0.790. The van der Waals surface area contributed by atoms with Crippen LogP contribution in [-0.4, -0.2) is 12.1 Å². The molecule has 0 unspecified atom stereocenters. The zero-order valence-corrected chi connectivity index (χ0v) is 22.7. The van der Waals surface area contributed by atoms with Crippen LogP contribution >= 0.6 is 0 Å². The highest BCUT2D eigenvalue weighted by atomic mass is 16.5. The van der Waals surface area contributed by atoms with Crippen LogP contribution in [0.15, 0.2) is 12.2 Å². The third kappa shape index (κ3) is 4.58. The average molecular weight is 457 g/mol. The van der Waals surface area contributed by atoms with Crippen molar-refractivity contribution in [2.45, 2.75) is 119 Å². The Labute approximate surface area is 204 Å². The summed E-state index contributed by atoms with van der Waals surface area (Å²) in [6.07, 6.45) is 18.6. The van der Waals surface area contributed by atoms with E-state index in [2.05, 4.69) is 53.7 Å². The maximum absolute atomic E-state index is 11.5. The molecule has 0 aliphatic heterocycles. The molecule has 33 heavy (non-hydrogen) atoms. The fourth-order valence-corrected chi connectivity index (χ4v) is 9.75. The van der Waals surface area contributed by atoms with Gasteiger partial charge in [0.15, 0.2) is 0 Å². The van der Waals surface area contributed by atoms with Gasteiger partial charge in [0.1, 0.15) is 6.10 Å². The summed E-state index contributed by atoms with van der Waals surface area (Å²) in [5.41, 5.74) is 0.999. The van der Waals surface area contributed by atoms with Crippen molar-refractivity contribution >= 4 is 5.97 Å². The van der Waals surface area contributed by atoms with E-state index in [-0.39, 0.29) is 12.1 Å². The first-order valence-corrected chi connectivity index (χ1v) is 14.5. The van der Waals surface area contributed by atoms with Gasteiger partial charge < -0.3 is 4.74 Å². The Morgan fingerprint density at radius 1 is 0.939 bits per heavy atom. The standard InChI is InChI=1S/C31H52O2/c1-8-23(20(2)3)10-9-21(4)27-13-14-28-26-12-11-24-19-25(33-22(5)32)15-17-30(24,6)29(26)16-18-31(27,28)7/h9-10,20-21,23-29H,8,11-19H2,1-7H3/b10-9-/t21-,23+,24+,25+,26+,27-,28+,29+,30+,31-/m1/s1. The summed E-state index contributed by atoms with van der Waals surface area (Å²) in [4.78, 5) is 11.5. The van der Waals surface area contributed by atoms with Crippen LogP contribution < -0.4 is 0 Å². The second-order valence-electron chi connectivity index (χ2n) is 13.5. The Kier molecular flexibility index (Phi) is 7.43. The van der Waals surface area contributed by atoms with E-state index in [1.807, 2.05) is 0 Å². The molecule has 0 amide bonds. The molecule has 0 spiro atoms. The lowest BCUT2D eigenvalue weighted by Crippen LogP contribution is -2.54. The molecular weight excluding hydrogens is 404 g/mol. The van der Waals surface area contributed by atoms with Crippen LogP contribution in [0.1, 0.15) is 113 Å². The van der Waals surface area contributed by atoms with Crippen molar-refractivity contribution in [3.8, 4) is 0 Å². The van der Waals surface area contributed by atoms with Crippen molar-refractivity contribution < 1.29 is 9.53 Å². The summed E-state index contributed by atoms with van der Waals surface area (Å²) in [6.45, 7) is 16.5. The summed E-state index contributed by atoms with van der Waals surface area (Å²) in [5.74, 6) is 6.43.